The zero-order chi connectivity index (χ0) is 15.6. The van der Waals surface area contributed by atoms with Gasteiger partial charge in [-0.15, -0.1) is 0 Å². The van der Waals surface area contributed by atoms with E-state index in [9.17, 15) is 22.4 Å². The first-order chi connectivity index (χ1) is 9.80. The van der Waals surface area contributed by atoms with Crippen LogP contribution in [0.2, 0.25) is 0 Å². The van der Waals surface area contributed by atoms with Crippen LogP contribution in [0.15, 0.2) is 24.4 Å². The van der Waals surface area contributed by atoms with Crippen molar-refractivity contribution in [3.63, 3.8) is 0 Å². The first kappa shape index (κ1) is 15.0. The molecule has 1 amide bonds. The summed E-state index contributed by atoms with van der Waals surface area (Å²) < 4.78 is 51.5. The Labute approximate surface area is 117 Å². The molecule has 0 aliphatic heterocycles. The maximum absolute atomic E-state index is 13.8. The molecule has 0 fully saturated rings. The van der Waals surface area contributed by atoms with Gasteiger partial charge in [-0.3, -0.25) is 9.89 Å². The molecule has 2 aromatic rings. The monoisotopic (exact) mass is 301 g/mol. The summed E-state index contributed by atoms with van der Waals surface area (Å²) >= 11 is 0. The first-order valence-electron chi connectivity index (χ1n) is 5.93. The standard InChI is InChI=1S/C13H11F4N3O/c1-7-8(6-19-20-7)5-18-12(21)9-3-2-4-10(11(9)14)13(15,16)17/h2-4,6H,5H2,1H3,(H,18,21)(H,19,20). The number of carbonyl (C=O) groups excluding carboxylic acids is 1. The molecule has 4 nitrogen and oxygen atoms in total. The van der Waals surface area contributed by atoms with E-state index >= 15 is 0 Å². The van der Waals surface area contributed by atoms with Crippen LogP contribution < -0.4 is 5.32 Å². The van der Waals surface area contributed by atoms with Crippen molar-refractivity contribution in [2.45, 2.75) is 19.6 Å². The minimum absolute atomic E-state index is 0.0385. The molecule has 0 aliphatic carbocycles. The van der Waals surface area contributed by atoms with Crippen LogP contribution in [0.25, 0.3) is 0 Å². The third-order valence-corrected chi connectivity index (χ3v) is 2.92. The minimum atomic E-state index is -4.85. The molecule has 0 unspecified atom stereocenters. The number of H-pyrrole nitrogens is 1. The molecule has 1 aromatic carbocycles. The Morgan fingerprint density at radius 1 is 1.38 bits per heavy atom. The molecule has 0 aliphatic rings. The molecule has 112 valence electrons. The van der Waals surface area contributed by atoms with Gasteiger partial charge in [0.05, 0.1) is 17.3 Å². The molecule has 0 bridgehead atoms. The van der Waals surface area contributed by atoms with Crippen molar-refractivity contribution in [3.8, 4) is 0 Å². The van der Waals surface area contributed by atoms with Crippen molar-refractivity contribution in [1.29, 1.82) is 0 Å². The van der Waals surface area contributed by atoms with Crippen molar-refractivity contribution in [2.24, 2.45) is 0 Å². The Bertz CT molecular complexity index is 664. The maximum atomic E-state index is 13.8. The highest BCUT2D eigenvalue weighted by atomic mass is 19.4. The molecule has 2 N–H and O–H groups in total. The number of aryl methyl sites for hydroxylation is 1. The zero-order valence-electron chi connectivity index (χ0n) is 10.9. The smallest absolute Gasteiger partial charge is 0.348 e. The first-order valence-corrected chi connectivity index (χ1v) is 5.93. The van der Waals surface area contributed by atoms with Crippen LogP contribution in [0.1, 0.15) is 27.2 Å². The number of hydrogen-bond donors (Lipinski definition) is 2. The van der Waals surface area contributed by atoms with Crippen LogP contribution >= 0.6 is 0 Å². The average molecular weight is 301 g/mol. The van der Waals surface area contributed by atoms with E-state index in [-0.39, 0.29) is 6.54 Å². The van der Waals surface area contributed by atoms with Crippen molar-refractivity contribution >= 4 is 5.91 Å². The van der Waals surface area contributed by atoms with E-state index in [1.165, 1.54) is 6.20 Å². The van der Waals surface area contributed by atoms with Gasteiger partial charge in [-0.1, -0.05) is 6.07 Å². The lowest BCUT2D eigenvalue weighted by Crippen LogP contribution is -2.25. The molecule has 8 heteroatoms. The zero-order valence-corrected chi connectivity index (χ0v) is 10.9. The van der Waals surface area contributed by atoms with E-state index in [4.69, 9.17) is 0 Å². The summed E-state index contributed by atoms with van der Waals surface area (Å²) in [6.07, 6.45) is -3.38. The number of halogens is 4. The molecule has 21 heavy (non-hydrogen) atoms. The van der Waals surface area contributed by atoms with Crippen molar-refractivity contribution in [3.05, 3.63) is 52.6 Å². The predicted molar refractivity (Wildman–Crippen MR) is 65.9 cm³/mol. The van der Waals surface area contributed by atoms with E-state index in [0.29, 0.717) is 17.3 Å². The lowest BCUT2D eigenvalue weighted by molar-refractivity contribution is -0.140. The third-order valence-electron chi connectivity index (χ3n) is 2.92. The van der Waals surface area contributed by atoms with E-state index in [2.05, 4.69) is 15.5 Å². The Kier molecular flexibility index (Phi) is 3.97. The summed E-state index contributed by atoms with van der Waals surface area (Å²) in [5.74, 6) is -2.49. The van der Waals surface area contributed by atoms with Gasteiger partial charge in [-0.25, -0.2) is 4.39 Å². The molecular weight excluding hydrogens is 290 g/mol. The Morgan fingerprint density at radius 2 is 2.10 bits per heavy atom. The summed E-state index contributed by atoms with van der Waals surface area (Å²) in [6, 6.07) is 2.58. The lowest BCUT2D eigenvalue weighted by atomic mass is 10.1. The number of aromatic amines is 1. The Morgan fingerprint density at radius 3 is 2.67 bits per heavy atom. The number of amides is 1. The van der Waals surface area contributed by atoms with Crippen LogP contribution in [0, 0.1) is 12.7 Å². The van der Waals surface area contributed by atoms with Gasteiger partial charge in [0, 0.05) is 17.8 Å². The number of hydrogen-bond acceptors (Lipinski definition) is 2. The molecule has 2 rings (SSSR count). The number of carbonyl (C=O) groups is 1. The number of nitrogens with one attached hydrogen (secondary N) is 2. The van der Waals surface area contributed by atoms with E-state index < -0.39 is 29.0 Å². The Balaban J connectivity index is 2.18. The van der Waals surface area contributed by atoms with Gasteiger partial charge >= 0.3 is 6.18 Å². The van der Waals surface area contributed by atoms with E-state index in [1.807, 2.05) is 0 Å². The number of aromatic nitrogens is 2. The quantitative estimate of drug-likeness (QED) is 0.857. The number of nitrogens with zero attached hydrogens (tertiary/aromatic N) is 1. The van der Waals surface area contributed by atoms with Crippen molar-refractivity contribution in [1.82, 2.24) is 15.5 Å². The molecule has 0 radical (unpaired) electrons. The number of rotatable bonds is 3. The lowest BCUT2D eigenvalue weighted by Gasteiger charge is -2.11. The number of benzene rings is 1. The topological polar surface area (TPSA) is 57.8 Å². The van der Waals surface area contributed by atoms with Crippen molar-refractivity contribution < 1.29 is 22.4 Å². The number of alkyl halides is 3. The molecule has 0 atom stereocenters. The second kappa shape index (κ2) is 5.55. The maximum Gasteiger partial charge on any atom is 0.419 e. The fourth-order valence-corrected chi connectivity index (χ4v) is 1.75. The molecule has 1 heterocycles. The van der Waals surface area contributed by atoms with Gasteiger partial charge in [-0.2, -0.15) is 18.3 Å². The van der Waals surface area contributed by atoms with Crippen LogP contribution in [-0.4, -0.2) is 16.1 Å². The summed E-state index contributed by atoms with van der Waals surface area (Å²) in [7, 11) is 0. The van der Waals surface area contributed by atoms with Gasteiger partial charge in [-0.05, 0) is 19.1 Å². The summed E-state index contributed by atoms with van der Waals surface area (Å²) in [5, 5.41) is 8.74. The van der Waals surface area contributed by atoms with Gasteiger partial charge in [0.25, 0.3) is 5.91 Å². The normalized spacial score (nSPS) is 11.5. The summed E-state index contributed by atoms with van der Waals surface area (Å²) in [5.41, 5.74) is -0.740. The van der Waals surface area contributed by atoms with Crippen LogP contribution in [0.3, 0.4) is 0 Å². The molecule has 1 aromatic heterocycles. The fourth-order valence-electron chi connectivity index (χ4n) is 1.75. The second-order valence-corrected chi connectivity index (χ2v) is 4.37. The summed E-state index contributed by atoms with van der Waals surface area (Å²) in [6.45, 7) is 1.76. The molecule has 0 saturated carbocycles. The minimum Gasteiger partial charge on any atom is -0.348 e. The van der Waals surface area contributed by atoms with Gasteiger partial charge < -0.3 is 5.32 Å². The van der Waals surface area contributed by atoms with E-state index in [0.717, 1.165) is 12.1 Å². The SMILES string of the molecule is Cc1[nH]ncc1CNC(=O)c1cccc(C(F)(F)F)c1F. The molecule has 0 spiro atoms. The van der Waals surface area contributed by atoms with Gasteiger partial charge in [0.2, 0.25) is 0 Å². The largest absolute Gasteiger partial charge is 0.419 e. The second-order valence-electron chi connectivity index (χ2n) is 4.37. The Hall–Kier alpha value is -2.38. The third kappa shape index (κ3) is 3.21. The van der Waals surface area contributed by atoms with Gasteiger partial charge in [0.1, 0.15) is 5.82 Å². The van der Waals surface area contributed by atoms with Crippen LogP contribution in [0.4, 0.5) is 17.6 Å². The average Bonchev–Trinajstić information content (AvgIpc) is 2.80. The molecule has 0 saturated heterocycles. The van der Waals surface area contributed by atoms with Crippen LogP contribution in [0.5, 0.6) is 0 Å². The highest BCUT2D eigenvalue weighted by Gasteiger charge is 2.35. The van der Waals surface area contributed by atoms with E-state index in [1.54, 1.807) is 6.92 Å². The fraction of sp³-hybridized carbons (Fsp3) is 0.231. The van der Waals surface area contributed by atoms with Gasteiger partial charge in [0.15, 0.2) is 0 Å². The van der Waals surface area contributed by atoms with Crippen LogP contribution in [-0.2, 0) is 12.7 Å². The van der Waals surface area contributed by atoms with Crippen molar-refractivity contribution in [2.75, 3.05) is 0 Å². The highest BCUT2D eigenvalue weighted by molar-refractivity contribution is 5.94. The summed E-state index contributed by atoms with van der Waals surface area (Å²) in [4.78, 5) is 11.8. The molecular formula is C13H11F4N3O. The highest BCUT2D eigenvalue weighted by Crippen LogP contribution is 2.32. The predicted octanol–water partition coefficient (Wildman–Crippen LogP) is 2.81.